The molecule has 2 N–H and O–H groups in total. The van der Waals surface area contributed by atoms with Crippen LogP contribution in [0, 0.1) is 11.3 Å². The fourth-order valence-electron chi connectivity index (χ4n) is 3.08. The number of carboxylic acids is 1. The Balaban J connectivity index is 2.42. The van der Waals surface area contributed by atoms with Crippen LogP contribution in [0.15, 0.2) is 0 Å². The number of esters is 1. The minimum Gasteiger partial charge on any atom is -0.481 e. The molecule has 0 aromatic carbocycles. The zero-order valence-corrected chi connectivity index (χ0v) is 14.8. The predicted octanol–water partition coefficient (Wildman–Crippen LogP) is 3.07. The van der Waals surface area contributed by atoms with Crippen molar-refractivity contribution in [3.63, 3.8) is 0 Å². The van der Waals surface area contributed by atoms with Gasteiger partial charge in [0.2, 0.25) is 6.29 Å². The van der Waals surface area contributed by atoms with E-state index in [1.54, 1.807) is 0 Å². The minimum absolute atomic E-state index is 0.0339. The summed E-state index contributed by atoms with van der Waals surface area (Å²) in [7, 11) is 0. The van der Waals surface area contributed by atoms with Crippen LogP contribution in [0.1, 0.15) is 65.7 Å². The number of nitrogens with one attached hydrogen (secondary N) is 1. The summed E-state index contributed by atoms with van der Waals surface area (Å²) in [5.41, 5.74) is -0.416. The second-order valence-corrected chi connectivity index (χ2v) is 7.05. The molecule has 7 heteroatoms. The number of hydrogen-bond acceptors (Lipinski definition) is 5. The minimum atomic E-state index is -0.974. The van der Waals surface area contributed by atoms with E-state index in [0.29, 0.717) is 0 Å². The lowest BCUT2D eigenvalue weighted by Crippen LogP contribution is -2.41. The molecule has 1 atom stereocenters. The Morgan fingerprint density at radius 2 is 1.71 bits per heavy atom. The molecule has 0 radical (unpaired) electrons. The third kappa shape index (κ3) is 7.66. The summed E-state index contributed by atoms with van der Waals surface area (Å²) in [5.74, 6) is -1.11. The Morgan fingerprint density at radius 1 is 1.08 bits per heavy atom. The number of alkyl carbamates (subject to hydrolysis) is 1. The van der Waals surface area contributed by atoms with Crippen LogP contribution in [0.2, 0.25) is 0 Å². The van der Waals surface area contributed by atoms with Gasteiger partial charge in [-0.05, 0) is 24.2 Å². The number of amides is 1. The summed E-state index contributed by atoms with van der Waals surface area (Å²) in [5, 5.41) is 11.7. The average Bonchev–Trinajstić information content (AvgIpc) is 2.44. The molecule has 0 aliphatic heterocycles. The molecule has 1 amide bonds. The van der Waals surface area contributed by atoms with Gasteiger partial charge in [0, 0.05) is 19.9 Å². The lowest BCUT2D eigenvalue weighted by Gasteiger charge is -2.36. The van der Waals surface area contributed by atoms with Gasteiger partial charge in [-0.15, -0.1) is 0 Å². The molecule has 1 rings (SSSR count). The van der Waals surface area contributed by atoms with E-state index in [9.17, 15) is 14.4 Å². The van der Waals surface area contributed by atoms with E-state index in [1.807, 2.05) is 13.8 Å². The third-order valence-electron chi connectivity index (χ3n) is 4.19. The van der Waals surface area contributed by atoms with E-state index < -0.39 is 29.7 Å². The smallest absolute Gasteiger partial charge is 0.410 e. The van der Waals surface area contributed by atoms with Crippen LogP contribution in [0.3, 0.4) is 0 Å². The fourth-order valence-corrected chi connectivity index (χ4v) is 3.08. The van der Waals surface area contributed by atoms with Crippen molar-refractivity contribution < 1.29 is 29.0 Å². The molecule has 0 aromatic rings. The first-order valence-corrected chi connectivity index (χ1v) is 8.58. The number of rotatable bonds is 8. The molecule has 0 saturated heterocycles. The molecule has 24 heavy (non-hydrogen) atoms. The van der Waals surface area contributed by atoms with Gasteiger partial charge in [0.15, 0.2) is 0 Å². The molecule has 1 saturated carbocycles. The van der Waals surface area contributed by atoms with Gasteiger partial charge in [0.25, 0.3) is 0 Å². The summed E-state index contributed by atoms with van der Waals surface area (Å²) in [6, 6.07) is 0. The van der Waals surface area contributed by atoms with Crippen molar-refractivity contribution in [3.05, 3.63) is 0 Å². The van der Waals surface area contributed by atoms with Crippen molar-refractivity contribution in [2.24, 2.45) is 11.3 Å². The molecular formula is C17H29NO6. The van der Waals surface area contributed by atoms with Crippen molar-refractivity contribution in [2.45, 2.75) is 72.0 Å². The maximum Gasteiger partial charge on any atom is 0.410 e. The Labute approximate surface area is 143 Å². The zero-order chi connectivity index (χ0) is 18.2. The molecular weight excluding hydrogens is 314 g/mol. The first-order valence-electron chi connectivity index (χ1n) is 8.58. The first kappa shape index (κ1) is 20.3. The summed E-state index contributed by atoms with van der Waals surface area (Å²) < 4.78 is 10.0. The monoisotopic (exact) mass is 343 g/mol. The van der Waals surface area contributed by atoms with Gasteiger partial charge in [-0.25, -0.2) is 4.79 Å². The van der Waals surface area contributed by atoms with E-state index in [-0.39, 0.29) is 25.3 Å². The van der Waals surface area contributed by atoms with E-state index >= 15 is 0 Å². The number of carbonyl (C=O) groups is 3. The van der Waals surface area contributed by atoms with Gasteiger partial charge in [0.1, 0.15) is 0 Å². The van der Waals surface area contributed by atoms with Gasteiger partial charge in [-0.1, -0.05) is 33.1 Å². The average molecular weight is 343 g/mol. The van der Waals surface area contributed by atoms with Gasteiger partial charge >= 0.3 is 18.0 Å². The molecule has 0 aromatic heterocycles. The molecule has 0 heterocycles. The van der Waals surface area contributed by atoms with Gasteiger partial charge in [-0.3, -0.25) is 9.59 Å². The van der Waals surface area contributed by atoms with Crippen molar-refractivity contribution >= 4 is 18.0 Å². The SMILES string of the molecule is CC(C)CC(=O)OC(C)OC(=O)NCC1(CC(=O)O)CCCCC1. The molecule has 1 aliphatic carbocycles. The zero-order valence-electron chi connectivity index (χ0n) is 14.8. The second kappa shape index (κ2) is 9.49. The van der Waals surface area contributed by atoms with Gasteiger partial charge in [-0.2, -0.15) is 0 Å². The summed E-state index contributed by atoms with van der Waals surface area (Å²) >= 11 is 0. The molecule has 1 fully saturated rings. The largest absolute Gasteiger partial charge is 0.481 e. The second-order valence-electron chi connectivity index (χ2n) is 7.05. The number of carbonyl (C=O) groups excluding carboxylic acids is 2. The van der Waals surface area contributed by atoms with Gasteiger partial charge in [0.05, 0.1) is 6.42 Å². The Kier molecular flexibility index (Phi) is 8.01. The maximum absolute atomic E-state index is 11.9. The molecule has 1 aliphatic rings. The number of ether oxygens (including phenoxy) is 2. The third-order valence-corrected chi connectivity index (χ3v) is 4.19. The molecule has 0 spiro atoms. The van der Waals surface area contributed by atoms with Crippen LogP contribution in [-0.2, 0) is 19.1 Å². The highest BCUT2D eigenvalue weighted by Gasteiger charge is 2.35. The Bertz CT molecular complexity index is 442. The fraction of sp³-hybridized carbons (Fsp3) is 0.824. The van der Waals surface area contributed by atoms with Gasteiger partial charge < -0.3 is 19.9 Å². The normalized spacial score (nSPS) is 17.8. The standard InChI is InChI=1S/C17H29NO6/c1-12(2)9-15(21)23-13(3)24-16(22)18-11-17(10-14(19)20)7-5-4-6-8-17/h12-13H,4-11H2,1-3H3,(H,18,22)(H,19,20). The first-order chi connectivity index (χ1) is 11.2. The molecule has 7 nitrogen and oxygen atoms in total. The highest BCUT2D eigenvalue weighted by Crippen LogP contribution is 2.38. The van der Waals surface area contributed by atoms with Crippen molar-refractivity contribution in [1.29, 1.82) is 0 Å². The highest BCUT2D eigenvalue weighted by atomic mass is 16.7. The van der Waals surface area contributed by atoms with Crippen LogP contribution in [0.25, 0.3) is 0 Å². The summed E-state index contributed by atoms with van der Waals surface area (Å²) in [6.45, 7) is 5.52. The molecule has 0 bridgehead atoms. The quantitative estimate of drug-likeness (QED) is 0.519. The lowest BCUT2D eigenvalue weighted by atomic mass is 9.72. The Morgan fingerprint density at radius 3 is 2.25 bits per heavy atom. The molecule has 1 unspecified atom stereocenters. The lowest BCUT2D eigenvalue weighted by molar-refractivity contribution is -0.165. The van der Waals surface area contributed by atoms with Crippen LogP contribution in [0.5, 0.6) is 0 Å². The summed E-state index contributed by atoms with van der Waals surface area (Å²) in [6.07, 6.45) is 3.20. The van der Waals surface area contributed by atoms with Crippen LogP contribution < -0.4 is 5.32 Å². The maximum atomic E-state index is 11.9. The van der Waals surface area contributed by atoms with Crippen LogP contribution in [0.4, 0.5) is 4.79 Å². The van der Waals surface area contributed by atoms with Crippen LogP contribution >= 0.6 is 0 Å². The van der Waals surface area contributed by atoms with Crippen LogP contribution in [-0.4, -0.2) is 36.0 Å². The van der Waals surface area contributed by atoms with Crippen molar-refractivity contribution in [2.75, 3.05) is 6.54 Å². The van der Waals surface area contributed by atoms with E-state index in [1.165, 1.54) is 6.92 Å². The summed E-state index contributed by atoms with van der Waals surface area (Å²) in [4.78, 5) is 34.5. The molecule has 138 valence electrons. The predicted molar refractivity (Wildman–Crippen MR) is 87.3 cm³/mol. The van der Waals surface area contributed by atoms with E-state index in [0.717, 1.165) is 32.1 Å². The highest BCUT2D eigenvalue weighted by molar-refractivity contribution is 5.71. The van der Waals surface area contributed by atoms with Crippen molar-refractivity contribution in [3.8, 4) is 0 Å². The topological polar surface area (TPSA) is 102 Å². The van der Waals surface area contributed by atoms with E-state index in [2.05, 4.69) is 5.32 Å². The number of carboxylic acid groups (broad SMARTS) is 1. The number of hydrogen-bond donors (Lipinski definition) is 2. The van der Waals surface area contributed by atoms with E-state index in [4.69, 9.17) is 14.6 Å². The van der Waals surface area contributed by atoms with Crippen molar-refractivity contribution in [1.82, 2.24) is 5.32 Å². The Hall–Kier alpha value is -1.79. The number of aliphatic carboxylic acids is 1.